The van der Waals surface area contributed by atoms with E-state index in [1.807, 2.05) is 39.0 Å². The summed E-state index contributed by atoms with van der Waals surface area (Å²) in [7, 11) is 0. The third-order valence-electron chi connectivity index (χ3n) is 3.01. The normalized spacial score (nSPS) is 10.7. The van der Waals surface area contributed by atoms with E-state index in [4.69, 9.17) is 0 Å². The summed E-state index contributed by atoms with van der Waals surface area (Å²) in [5, 5.41) is 8.19. The molecule has 0 aliphatic rings. The molecule has 0 radical (unpaired) electrons. The molecule has 19 heavy (non-hydrogen) atoms. The standard InChI is InChI=1S/C14H16BrN3O/c1-4-11-14(13(19)5-2)16-17-18(11)12-8-9(3)6-7-10(12)15/h6-8H,4-5H2,1-3H3. The van der Waals surface area contributed by atoms with E-state index in [0.717, 1.165) is 21.4 Å². The predicted octanol–water partition coefficient (Wildman–Crippen LogP) is 3.49. The van der Waals surface area contributed by atoms with Crippen LogP contribution in [0.15, 0.2) is 22.7 Å². The number of hydrogen-bond donors (Lipinski definition) is 0. The largest absolute Gasteiger partial charge is 0.292 e. The lowest BCUT2D eigenvalue weighted by Gasteiger charge is -2.08. The van der Waals surface area contributed by atoms with E-state index in [-0.39, 0.29) is 5.78 Å². The van der Waals surface area contributed by atoms with Crippen molar-refractivity contribution in [2.45, 2.75) is 33.6 Å². The van der Waals surface area contributed by atoms with Gasteiger partial charge in [0.25, 0.3) is 0 Å². The highest BCUT2D eigenvalue weighted by Crippen LogP contribution is 2.24. The zero-order valence-corrected chi connectivity index (χ0v) is 12.9. The van der Waals surface area contributed by atoms with E-state index in [0.29, 0.717) is 18.5 Å². The maximum absolute atomic E-state index is 11.9. The summed E-state index contributed by atoms with van der Waals surface area (Å²) >= 11 is 3.52. The maximum Gasteiger partial charge on any atom is 0.184 e. The second kappa shape index (κ2) is 5.65. The minimum absolute atomic E-state index is 0.0341. The first kappa shape index (κ1) is 13.9. The highest BCUT2D eigenvalue weighted by atomic mass is 79.9. The van der Waals surface area contributed by atoms with Gasteiger partial charge in [0.15, 0.2) is 11.5 Å². The van der Waals surface area contributed by atoms with Gasteiger partial charge in [-0.3, -0.25) is 4.79 Å². The number of aryl methyl sites for hydroxylation is 1. The summed E-state index contributed by atoms with van der Waals surface area (Å²) in [5.41, 5.74) is 3.40. The fourth-order valence-electron chi connectivity index (χ4n) is 1.98. The van der Waals surface area contributed by atoms with Crippen LogP contribution in [0.2, 0.25) is 0 Å². The molecule has 0 fully saturated rings. The van der Waals surface area contributed by atoms with Gasteiger partial charge in [-0.1, -0.05) is 25.1 Å². The molecule has 2 aromatic rings. The molecule has 1 heterocycles. The first-order valence-corrected chi connectivity index (χ1v) is 7.12. The first-order valence-electron chi connectivity index (χ1n) is 6.32. The zero-order valence-electron chi connectivity index (χ0n) is 11.3. The second-order valence-electron chi connectivity index (χ2n) is 4.38. The van der Waals surface area contributed by atoms with E-state index >= 15 is 0 Å². The van der Waals surface area contributed by atoms with Gasteiger partial charge in [-0.05, 0) is 47.0 Å². The Labute approximate surface area is 121 Å². The summed E-state index contributed by atoms with van der Waals surface area (Å²) in [4.78, 5) is 11.9. The minimum Gasteiger partial charge on any atom is -0.292 e. The molecule has 0 unspecified atom stereocenters. The van der Waals surface area contributed by atoms with Crippen LogP contribution in [-0.4, -0.2) is 20.8 Å². The molecular formula is C14H16BrN3O. The molecule has 5 heteroatoms. The van der Waals surface area contributed by atoms with Gasteiger partial charge in [-0.2, -0.15) is 0 Å². The van der Waals surface area contributed by atoms with Gasteiger partial charge in [0.05, 0.1) is 11.4 Å². The molecule has 2 rings (SSSR count). The molecule has 0 saturated heterocycles. The zero-order chi connectivity index (χ0) is 14.0. The average Bonchev–Trinajstić information content (AvgIpc) is 2.84. The molecule has 4 nitrogen and oxygen atoms in total. The molecule has 0 bridgehead atoms. The smallest absolute Gasteiger partial charge is 0.184 e. The number of carbonyl (C=O) groups excluding carboxylic acids is 1. The van der Waals surface area contributed by atoms with Crippen molar-refractivity contribution < 1.29 is 4.79 Å². The Morgan fingerprint density at radius 3 is 2.74 bits per heavy atom. The highest BCUT2D eigenvalue weighted by molar-refractivity contribution is 9.10. The van der Waals surface area contributed by atoms with Crippen LogP contribution in [0.1, 0.15) is 42.0 Å². The Bertz CT molecular complexity index is 619. The van der Waals surface area contributed by atoms with Crippen molar-refractivity contribution >= 4 is 21.7 Å². The van der Waals surface area contributed by atoms with E-state index in [2.05, 4.69) is 26.2 Å². The SMILES string of the molecule is CCC(=O)c1nnn(-c2cc(C)ccc2Br)c1CC. The molecule has 0 aliphatic carbocycles. The number of halogens is 1. The fourth-order valence-corrected chi connectivity index (χ4v) is 2.40. The number of rotatable bonds is 4. The van der Waals surface area contributed by atoms with Crippen LogP contribution in [0, 0.1) is 6.92 Å². The van der Waals surface area contributed by atoms with Gasteiger partial charge in [0.1, 0.15) is 0 Å². The Hall–Kier alpha value is -1.49. The van der Waals surface area contributed by atoms with Crippen molar-refractivity contribution in [1.29, 1.82) is 0 Å². The minimum atomic E-state index is 0.0341. The average molecular weight is 322 g/mol. The van der Waals surface area contributed by atoms with Gasteiger partial charge in [0.2, 0.25) is 0 Å². The lowest BCUT2D eigenvalue weighted by atomic mass is 10.1. The van der Waals surface area contributed by atoms with E-state index < -0.39 is 0 Å². The molecule has 0 amide bonds. The summed E-state index contributed by atoms with van der Waals surface area (Å²) in [6.45, 7) is 5.87. The van der Waals surface area contributed by atoms with Crippen LogP contribution in [0.4, 0.5) is 0 Å². The number of benzene rings is 1. The summed E-state index contributed by atoms with van der Waals surface area (Å²) < 4.78 is 2.69. The molecular weight excluding hydrogens is 306 g/mol. The Morgan fingerprint density at radius 2 is 2.11 bits per heavy atom. The van der Waals surface area contributed by atoms with Gasteiger partial charge >= 0.3 is 0 Å². The Kier molecular flexibility index (Phi) is 4.14. The van der Waals surface area contributed by atoms with Gasteiger partial charge < -0.3 is 0 Å². The first-order chi connectivity index (χ1) is 9.08. The third-order valence-corrected chi connectivity index (χ3v) is 3.68. The summed E-state index contributed by atoms with van der Waals surface area (Å²) in [6, 6.07) is 6.03. The van der Waals surface area contributed by atoms with Crippen molar-refractivity contribution in [3.05, 3.63) is 39.6 Å². The highest BCUT2D eigenvalue weighted by Gasteiger charge is 2.18. The van der Waals surface area contributed by atoms with Crippen LogP contribution in [0.3, 0.4) is 0 Å². The Balaban J connectivity index is 2.60. The van der Waals surface area contributed by atoms with Crippen LogP contribution in [0.25, 0.3) is 5.69 Å². The van der Waals surface area contributed by atoms with Crippen LogP contribution >= 0.6 is 15.9 Å². The van der Waals surface area contributed by atoms with Gasteiger partial charge in [-0.15, -0.1) is 5.10 Å². The van der Waals surface area contributed by atoms with Crippen LogP contribution < -0.4 is 0 Å². The lowest BCUT2D eigenvalue weighted by molar-refractivity contribution is 0.0982. The van der Waals surface area contributed by atoms with E-state index in [1.54, 1.807) is 4.68 Å². The number of carbonyl (C=O) groups is 1. The second-order valence-corrected chi connectivity index (χ2v) is 5.24. The number of hydrogen-bond acceptors (Lipinski definition) is 3. The van der Waals surface area contributed by atoms with E-state index in [1.165, 1.54) is 0 Å². The van der Waals surface area contributed by atoms with Crippen LogP contribution in [0.5, 0.6) is 0 Å². The van der Waals surface area contributed by atoms with Crippen molar-refractivity contribution in [2.24, 2.45) is 0 Å². The topological polar surface area (TPSA) is 47.8 Å². The third kappa shape index (κ3) is 2.61. The van der Waals surface area contributed by atoms with Gasteiger partial charge in [-0.25, -0.2) is 4.68 Å². The van der Waals surface area contributed by atoms with Crippen molar-refractivity contribution in [3.63, 3.8) is 0 Å². The van der Waals surface area contributed by atoms with Crippen LogP contribution in [-0.2, 0) is 6.42 Å². The Morgan fingerprint density at radius 1 is 1.37 bits per heavy atom. The monoisotopic (exact) mass is 321 g/mol. The fraction of sp³-hybridized carbons (Fsp3) is 0.357. The molecule has 0 aliphatic heterocycles. The maximum atomic E-state index is 11.9. The van der Waals surface area contributed by atoms with E-state index in [9.17, 15) is 4.79 Å². The molecule has 0 atom stereocenters. The predicted molar refractivity (Wildman–Crippen MR) is 77.8 cm³/mol. The lowest BCUT2D eigenvalue weighted by Crippen LogP contribution is -2.06. The molecule has 1 aromatic carbocycles. The van der Waals surface area contributed by atoms with Crippen molar-refractivity contribution in [3.8, 4) is 5.69 Å². The molecule has 1 aromatic heterocycles. The molecule has 0 N–H and O–H groups in total. The summed E-state index contributed by atoms with van der Waals surface area (Å²) in [5.74, 6) is 0.0341. The number of ketones is 1. The number of Topliss-reactive ketones (excluding diaryl/α,β-unsaturated/α-hetero) is 1. The number of aromatic nitrogens is 3. The quantitative estimate of drug-likeness (QED) is 0.810. The molecule has 0 saturated carbocycles. The van der Waals surface area contributed by atoms with Crippen molar-refractivity contribution in [1.82, 2.24) is 15.0 Å². The molecule has 100 valence electrons. The van der Waals surface area contributed by atoms with Crippen molar-refractivity contribution in [2.75, 3.05) is 0 Å². The van der Waals surface area contributed by atoms with Gasteiger partial charge in [0, 0.05) is 10.9 Å². The number of nitrogens with zero attached hydrogens (tertiary/aromatic N) is 3. The summed E-state index contributed by atoms with van der Waals surface area (Å²) in [6.07, 6.45) is 1.16. The molecule has 0 spiro atoms.